The number of amides is 1. The molecule has 0 saturated heterocycles. The van der Waals surface area contributed by atoms with Gasteiger partial charge in [-0.2, -0.15) is 5.10 Å². The summed E-state index contributed by atoms with van der Waals surface area (Å²) in [5.74, 6) is 1.64. The number of fused-ring (bicyclic) bond motifs is 2. The molecule has 1 N–H and O–H groups in total. The van der Waals surface area contributed by atoms with Gasteiger partial charge in [-0.15, -0.1) is 0 Å². The van der Waals surface area contributed by atoms with Gasteiger partial charge in [0.05, 0.1) is 32.2 Å². The number of aromatic nitrogens is 3. The van der Waals surface area contributed by atoms with Gasteiger partial charge in [-0.3, -0.25) is 4.79 Å². The van der Waals surface area contributed by atoms with Crippen LogP contribution < -0.4 is 14.8 Å². The van der Waals surface area contributed by atoms with Crippen molar-refractivity contribution in [3.63, 3.8) is 0 Å². The van der Waals surface area contributed by atoms with Crippen molar-refractivity contribution in [2.24, 2.45) is 0 Å². The van der Waals surface area contributed by atoms with Gasteiger partial charge in [0.2, 0.25) is 5.91 Å². The third-order valence-electron chi connectivity index (χ3n) is 6.32. The van der Waals surface area contributed by atoms with Crippen LogP contribution in [-0.4, -0.2) is 40.5 Å². The summed E-state index contributed by atoms with van der Waals surface area (Å²) in [6.07, 6.45) is 4.94. The lowest BCUT2D eigenvalue weighted by molar-refractivity contribution is -0.119. The highest BCUT2D eigenvalue weighted by Crippen LogP contribution is 2.35. The zero-order valence-electron chi connectivity index (χ0n) is 20.1. The van der Waals surface area contributed by atoms with Crippen molar-refractivity contribution in [1.82, 2.24) is 19.9 Å². The average molecular weight is 489 g/mol. The van der Waals surface area contributed by atoms with E-state index >= 15 is 0 Å². The molecule has 2 heterocycles. The molecule has 0 saturated carbocycles. The van der Waals surface area contributed by atoms with E-state index in [2.05, 4.69) is 28.6 Å². The van der Waals surface area contributed by atoms with Crippen LogP contribution >= 0.6 is 11.8 Å². The number of benzene rings is 2. The average Bonchev–Trinajstić information content (AvgIpc) is 3.31. The normalized spacial score (nSPS) is 15.0. The minimum absolute atomic E-state index is 0.0200. The lowest BCUT2D eigenvalue weighted by Crippen LogP contribution is -2.32. The Balaban J connectivity index is 1.36. The largest absolute Gasteiger partial charge is 0.493 e. The van der Waals surface area contributed by atoms with E-state index in [4.69, 9.17) is 14.5 Å². The van der Waals surface area contributed by atoms with E-state index in [0.717, 1.165) is 46.8 Å². The maximum absolute atomic E-state index is 12.9. The molecule has 7 nitrogen and oxygen atoms in total. The van der Waals surface area contributed by atoms with E-state index in [1.165, 1.54) is 22.9 Å². The summed E-state index contributed by atoms with van der Waals surface area (Å²) >= 11 is 1.47. The number of ether oxygens (including phenoxy) is 2. The number of hydrogen-bond donors (Lipinski definition) is 1. The van der Waals surface area contributed by atoms with Crippen molar-refractivity contribution in [2.45, 2.75) is 37.3 Å². The lowest BCUT2D eigenvalue weighted by Gasteiger charge is -2.26. The summed E-state index contributed by atoms with van der Waals surface area (Å²) in [6.45, 7) is 1.95. The van der Waals surface area contributed by atoms with Crippen molar-refractivity contribution in [3.05, 3.63) is 71.5 Å². The zero-order chi connectivity index (χ0) is 24.4. The maximum atomic E-state index is 12.9. The number of rotatable bonds is 7. The highest BCUT2D eigenvalue weighted by molar-refractivity contribution is 7.99. The van der Waals surface area contributed by atoms with Crippen molar-refractivity contribution in [2.75, 3.05) is 20.0 Å². The zero-order valence-corrected chi connectivity index (χ0v) is 20.9. The van der Waals surface area contributed by atoms with Crippen LogP contribution in [0.3, 0.4) is 0 Å². The third kappa shape index (κ3) is 4.71. The Bertz CT molecular complexity index is 1380. The van der Waals surface area contributed by atoms with Crippen LogP contribution in [0.4, 0.5) is 0 Å². The fraction of sp³-hybridized carbons (Fsp3) is 0.296. The molecule has 1 aliphatic rings. The topological polar surface area (TPSA) is 77.8 Å². The van der Waals surface area contributed by atoms with Gasteiger partial charge >= 0.3 is 0 Å². The minimum atomic E-state index is 0.0200. The fourth-order valence-corrected chi connectivity index (χ4v) is 5.51. The van der Waals surface area contributed by atoms with Crippen molar-refractivity contribution in [1.29, 1.82) is 0 Å². The minimum Gasteiger partial charge on any atom is -0.493 e. The Labute approximate surface area is 208 Å². The van der Waals surface area contributed by atoms with Crippen LogP contribution in [0.2, 0.25) is 0 Å². The number of thioether (sulfide) groups is 1. The Kier molecular flexibility index (Phi) is 6.63. The number of nitrogens with zero attached hydrogens (tertiary/aromatic N) is 3. The Morgan fingerprint density at radius 3 is 2.80 bits per heavy atom. The van der Waals surface area contributed by atoms with Crippen LogP contribution in [0, 0.1) is 6.92 Å². The van der Waals surface area contributed by atoms with Gasteiger partial charge < -0.3 is 14.8 Å². The summed E-state index contributed by atoms with van der Waals surface area (Å²) in [5, 5.41) is 8.69. The van der Waals surface area contributed by atoms with E-state index in [9.17, 15) is 4.79 Å². The molecular formula is C27H28N4O3S. The molecule has 1 aliphatic carbocycles. The predicted molar refractivity (Wildman–Crippen MR) is 137 cm³/mol. The number of methoxy groups -OCH3 is 2. The number of carbonyl (C=O) groups excluding carboxylic acids is 1. The molecule has 8 heteroatoms. The molecule has 0 spiro atoms. The molecule has 0 radical (unpaired) electrons. The molecule has 0 fully saturated rings. The van der Waals surface area contributed by atoms with Crippen LogP contribution in [0.1, 0.15) is 35.7 Å². The second-order valence-electron chi connectivity index (χ2n) is 8.60. The Morgan fingerprint density at radius 1 is 1.14 bits per heavy atom. The summed E-state index contributed by atoms with van der Waals surface area (Å²) in [7, 11) is 3.23. The first-order chi connectivity index (χ1) is 17.1. The maximum Gasteiger partial charge on any atom is 0.230 e. The quantitative estimate of drug-likeness (QED) is 0.291. The number of aryl methyl sites for hydroxylation is 2. The standard InChI is InChI=1S/C27H28N4O3S/c1-17-13-26(35-16-25(32)30-22-10-6-8-18-7-4-5-9-20(18)22)31-27(29-17)21(15-28-31)19-11-12-23(33-2)24(14-19)34-3/h4-5,7,9,11-15,22H,6,8,10,16H2,1-3H3,(H,30,32)/t22-/m1/s1. The monoisotopic (exact) mass is 488 g/mol. The van der Waals surface area contributed by atoms with Gasteiger partial charge in [0.1, 0.15) is 5.03 Å². The summed E-state index contributed by atoms with van der Waals surface area (Å²) in [4.78, 5) is 17.6. The Hall–Kier alpha value is -3.52. The number of nitrogens with one attached hydrogen (secondary N) is 1. The van der Waals surface area contributed by atoms with Crippen LogP contribution in [0.25, 0.3) is 16.8 Å². The number of carbonyl (C=O) groups is 1. The molecule has 35 heavy (non-hydrogen) atoms. The third-order valence-corrected chi connectivity index (χ3v) is 7.31. The number of hydrogen-bond acceptors (Lipinski definition) is 6. The molecule has 1 atom stereocenters. The Morgan fingerprint density at radius 2 is 1.97 bits per heavy atom. The van der Waals surface area contributed by atoms with E-state index in [0.29, 0.717) is 17.3 Å². The molecular weight excluding hydrogens is 460 g/mol. The summed E-state index contributed by atoms with van der Waals surface area (Å²) in [6, 6.07) is 16.2. The van der Waals surface area contributed by atoms with E-state index in [1.807, 2.05) is 37.3 Å². The lowest BCUT2D eigenvalue weighted by atomic mass is 9.88. The van der Waals surface area contributed by atoms with E-state index in [-0.39, 0.29) is 11.9 Å². The van der Waals surface area contributed by atoms with Crippen LogP contribution in [0.5, 0.6) is 11.5 Å². The van der Waals surface area contributed by atoms with Crippen molar-refractivity contribution < 1.29 is 14.3 Å². The molecule has 0 bridgehead atoms. The molecule has 0 aliphatic heterocycles. The second-order valence-corrected chi connectivity index (χ2v) is 9.59. The fourth-order valence-electron chi connectivity index (χ4n) is 4.64. The van der Waals surface area contributed by atoms with Crippen LogP contribution in [0.15, 0.2) is 59.8 Å². The second kappa shape index (κ2) is 10.00. The molecule has 4 aromatic rings. The highest BCUT2D eigenvalue weighted by Gasteiger charge is 2.22. The van der Waals surface area contributed by atoms with E-state index in [1.54, 1.807) is 24.9 Å². The van der Waals surface area contributed by atoms with E-state index < -0.39 is 0 Å². The van der Waals surface area contributed by atoms with Gasteiger partial charge in [0.25, 0.3) is 0 Å². The predicted octanol–water partition coefficient (Wildman–Crippen LogP) is 5.01. The smallest absolute Gasteiger partial charge is 0.230 e. The molecule has 0 unspecified atom stereocenters. The van der Waals surface area contributed by atoms with Gasteiger partial charge in [-0.25, -0.2) is 9.50 Å². The molecule has 1 amide bonds. The van der Waals surface area contributed by atoms with Crippen molar-refractivity contribution in [3.8, 4) is 22.6 Å². The van der Waals surface area contributed by atoms with Gasteiger partial charge in [0.15, 0.2) is 17.1 Å². The first kappa shape index (κ1) is 23.2. The van der Waals surface area contributed by atoms with Gasteiger partial charge in [-0.05, 0) is 61.1 Å². The molecule has 180 valence electrons. The highest BCUT2D eigenvalue weighted by atomic mass is 32.2. The van der Waals surface area contributed by atoms with Crippen molar-refractivity contribution >= 4 is 23.3 Å². The summed E-state index contributed by atoms with van der Waals surface area (Å²) in [5.41, 5.74) is 6.00. The SMILES string of the molecule is COc1ccc(-c2cnn3c(SCC(=O)N[C@@H]4CCCc5ccccc54)cc(C)nc23)cc1OC. The first-order valence-corrected chi connectivity index (χ1v) is 12.6. The van der Waals surface area contributed by atoms with Crippen LogP contribution in [-0.2, 0) is 11.2 Å². The molecule has 2 aromatic heterocycles. The molecule has 5 rings (SSSR count). The van der Waals surface area contributed by atoms with Gasteiger partial charge in [-0.1, -0.05) is 42.1 Å². The summed E-state index contributed by atoms with van der Waals surface area (Å²) < 4.78 is 12.6. The molecule has 2 aromatic carbocycles. The van der Waals surface area contributed by atoms with Gasteiger partial charge in [0, 0.05) is 11.3 Å². The first-order valence-electron chi connectivity index (χ1n) is 11.6.